The third-order valence-electron chi connectivity index (χ3n) is 1.46. The van der Waals surface area contributed by atoms with E-state index in [0.717, 1.165) is 10.8 Å². The first-order valence-corrected chi connectivity index (χ1v) is 5.39. The van der Waals surface area contributed by atoms with Crippen molar-refractivity contribution in [1.82, 2.24) is 0 Å². The minimum absolute atomic E-state index is 0. The van der Waals surface area contributed by atoms with E-state index < -0.39 is 0 Å². The van der Waals surface area contributed by atoms with Crippen molar-refractivity contribution in [3.8, 4) is 5.75 Å². The summed E-state index contributed by atoms with van der Waals surface area (Å²) in [5.74, 6) is 1.02. The third-order valence-corrected chi connectivity index (χ3v) is 2.59. The normalized spacial score (nSPS) is 8.64. The molecule has 0 fully saturated rings. The van der Waals surface area contributed by atoms with E-state index in [1.165, 1.54) is 23.9 Å². The number of halogens is 1. The number of benzene rings is 1. The number of para-hydroxylation sites is 1. The zero-order chi connectivity index (χ0) is 7.40. The molecule has 0 aromatic heterocycles. The molecule has 3 heteroatoms. The number of hydrogen-bond donors (Lipinski definition) is 0. The van der Waals surface area contributed by atoms with Crippen molar-refractivity contribution < 1.29 is 23.0 Å². The van der Waals surface area contributed by atoms with Crippen LogP contribution in [0.5, 0.6) is 5.75 Å². The third kappa shape index (κ3) is 2.92. The van der Waals surface area contributed by atoms with Crippen LogP contribution in [0.3, 0.4) is 0 Å². The Kier molecular flexibility index (Phi) is 5.80. The van der Waals surface area contributed by atoms with Gasteiger partial charge in [0.05, 0.1) is 0 Å². The van der Waals surface area contributed by atoms with Crippen molar-refractivity contribution >= 4 is 17.0 Å². The summed E-state index contributed by atoms with van der Waals surface area (Å²) in [4.78, 5) is 0. The summed E-state index contributed by atoms with van der Waals surface area (Å²) in [6.07, 6.45) is 0. The Morgan fingerprint density at radius 1 is 1.36 bits per heavy atom. The van der Waals surface area contributed by atoms with Crippen LogP contribution in [0.1, 0.15) is 5.56 Å². The molecule has 57 valence electrons. The van der Waals surface area contributed by atoms with Gasteiger partial charge in [0.25, 0.3) is 0 Å². The van der Waals surface area contributed by atoms with Crippen LogP contribution in [-0.2, 0) is 23.3 Å². The van der Waals surface area contributed by atoms with E-state index in [-0.39, 0.29) is 17.0 Å². The topological polar surface area (TPSA) is 9.23 Å². The zero-order valence-electron chi connectivity index (χ0n) is 6.54. The van der Waals surface area contributed by atoms with Gasteiger partial charge in [-0.15, -0.1) is 17.0 Å². The van der Waals surface area contributed by atoms with Crippen molar-refractivity contribution in [2.24, 2.45) is 0 Å². The van der Waals surface area contributed by atoms with E-state index in [9.17, 15) is 0 Å². The standard InChI is InChI=1S/C8H9O.BrH.Zn/c1-7-5-3-4-6-8(7)9-2;;/h3-6H,1H2,2H3;1H;. The fourth-order valence-corrected chi connectivity index (χ4v) is 1.78. The number of methoxy groups -OCH3 is 1. The predicted octanol–water partition coefficient (Wildman–Crippen LogP) is 2.32. The Morgan fingerprint density at radius 2 is 2.00 bits per heavy atom. The van der Waals surface area contributed by atoms with Crippen LogP contribution in [0.2, 0.25) is 0 Å². The summed E-state index contributed by atoms with van der Waals surface area (Å²) in [5.41, 5.74) is 1.32. The van der Waals surface area contributed by atoms with E-state index in [4.69, 9.17) is 4.74 Å². The van der Waals surface area contributed by atoms with Gasteiger partial charge in [0.15, 0.2) is 0 Å². The molecule has 0 spiro atoms. The maximum absolute atomic E-state index is 5.16. The molecule has 0 unspecified atom stereocenters. The van der Waals surface area contributed by atoms with E-state index >= 15 is 0 Å². The Morgan fingerprint density at radius 3 is 2.45 bits per heavy atom. The Labute approximate surface area is 87.6 Å². The predicted molar refractivity (Wildman–Crippen MR) is 47.0 cm³/mol. The number of ether oxygens (including phenoxy) is 1. The van der Waals surface area contributed by atoms with Gasteiger partial charge in [0.2, 0.25) is 0 Å². The van der Waals surface area contributed by atoms with Gasteiger partial charge in [0, 0.05) is 0 Å². The molecule has 0 atom stereocenters. The number of hydrogen-bond acceptors (Lipinski definition) is 1. The van der Waals surface area contributed by atoms with E-state index in [1.807, 2.05) is 18.2 Å². The van der Waals surface area contributed by atoms with E-state index in [0.29, 0.717) is 0 Å². The maximum atomic E-state index is 5.16. The summed E-state index contributed by atoms with van der Waals surface area (Å²) < 4.78 is 5.16. The molecule has 1 nitrogen and oxygen atoms in total. The molecule has 1 aromatic carbocycles. The van der Waals surface area contributed by atoms with Crippen molar-refractivity contribution in [2.45, 2.75) is 5.02 Å². The molecule has 0 aliphatic heterocycles. The second-order valence-corrected chi connectivity index (χ2v) is 3.11. The second-order valence-electron chi connectivity index (χ2n) is 2.06. The van der Waals surface area contributed by atoms with Crippen LogP contribution in [-0.4, -0.2) is 7.11 Å². The molecule has 0 radical (unpaired) electrons. The second kappa shape index (κ2) is 5.73. The summed E-state index contributed by atoms with van der Waals surface area (Å²) >= 11 is 1.29. The molecule has 0 heterocycles. The quantitative estimate of drug-likeness (QED) is 0.747. The van der Waals surface area contributed by atoms with Crippen LogP contribution in [0.4, 0.5) is 0 Å². The summed E-state index contributed by atoms with van der Waals surface area (Å²) in [5, 5.41) is 1.16. The molecule has 0 saturated carbocycles. The first-order valence-electron chi connectivity index (χ1n) is 3.29. The minimum atomic E-state index is 0. The Hall–Kier alpha value is 0.123. The van der Waals surface area contributed by atoms with Crippen LogP contribution in [0.15, 0.2) is 24.3 Å². The average Bonchev–Trinajstić information content (AvgIpc) is 2.04. The van der Waals surface area contributed by atoms with Gasteiger partial charge in [-0.25, -0.2) is 0 Å². The van der Waals surface area contributed by atoms with Gasteiger partial charge in [0.1, 0.15) is 0 Å². The molecule has 0 bridgehead atoms. The molecular weight excluding hydrogens is 257 g/mol. The first kappa shape index (κ1) is 11.1. The van der Waals surface area contributed by atoms with E-state index in [1.54, 1.807) is 7.11 Å². The monoisotopic (exact) mass is 265 g/mol. The molecule has 0 saturated heterocycles. The van der Waals surface area contributed by atoms with Crippen LogP contribution < -0.4 is 4.74 Å². The van der Waals surface area contributed by atoms with E-state index in [2.05, 4.69) is 6.07 Å². The summed E-state index contributed by atoms with van der Waals surface area (Å²) in [6.45, 7) is 0. The zero-order valence-corrected chi connectivity index (χ0v) is 11.2. The van der Waals surface area contributed by atoms with Crippen molar-refractivity contribution in [2.75, 3.05) is 7.11 Å². The van der Waals surface area contributed by atoms with Crippen LogP contribution in [0, 0.1) is 0 Å². The molecule has 1 rings (SSSR count). The average molecular weight is 267 g/mol. The molecule has 0 aliphatic carbocycles. The number of rotatable bonds is 2. The van der Waals surface area contributed by atoms with Gasteiger partial charge in [-0.3, -0.25) is 0 Å². The van der Waals surface area contributed by atoms with Gasteiger partial charge in [-0.05, 0) is 0 Å². The fourth-order valence-electron chi connectivity index (χ4n) is 0.910. The molecule has 11 heavy (non-hydrogen) atoms. The molecular formula is C8H10BrOZn. The van der Waals surface area contributed by atoms with Gasteiger partial charge in [-0.2, -0.15) is 0 Å². The molecule has 0 amide bonds. The molecule has 0 N–H and O–H groups in total. The van der Waals surface area contributed by atoms with Gasteiger partial charge < -0.3 is 0 Å². The Bertz CT molecular complexity index is 192. The fraction of sp³-hybridized carbons (Fsp3) is 0.250. The molecule has 1 aromatic rings. The first-order chi connectivity index (χ1) is 4.88. The van der Waals surface area contributed by atoms with Crippen molar-refractivity contribution in [3.63, 3.8) is 0 Å². The SMILES string of the molecule is Br.COc1ccccc1[CH2][Zn]. The summed E-state index contributed by atoms with van der Waals surface area (Å²) in [7, 11) is 1.72. The summed E-state index contributed by atoms with van der Waals surface area (Å²) in [6, 6.07) is 8.17. The van der Waals surface area contributed by atoms with Crippen LogP contribution >= 0.6 is 17.0 Å². The van der Waals surface area contributed by atoms with Crippen molar-refractivity contribution in [1.29, 1.82) is 0 Å². The van der Waals surface area contributed by atoms with Crippen molar-refractivity contribution in [3.05, 3.63) is 29.8 Å². The van der Waals surface area contributed by atoms with Crippen LogP contribution in [0.25, 0.3) is 0 Å². The van der Waals surface area contributed by atoms with Gasteiger partial charge in [-0.1, -0.05) is 0 Å². The molecule has 0 aliphatic rings. The van der Waals surface area contributed by atoms with Gasteiger partial charge >= 0.3 is 70.7 Å². The Balaban J connectivity index is 0.000001000.